The summed E-state index contributed by atoms with van der Waals surface area (Å²) >= 11 is 0. The summed E-state index contributed by atoms with van der Waals surface area (Å²) in [7, 11) is 0. The number of rotatable bonds is 4. The van der Waals surface area contributed by atoms with Crippen LogP contribution in [0.25, 0.3) is 0 Å². The third-order valence-corrected chi connectivity index (χ3v) is 5.70. The lowest BCUT2D eigenvalue weighted by molar-refractivity contribution is -0.137. The normalized spacial score (nSPS) is 27.2. The van der Waals surface area contributed by atoms with Gasteiger partial charge in [-0.15, -0.1) is 0 Å². The Morgan fingerprint density at radius 2 is 1.92 bits per heavy atom. The zero-order valence-corrected chi connectivity index (χ0v) is 15.1. The standard InChI is InChI=1S/C19H27N3O4/c23-18(16-5-1-7-22(16)19(24)17-6-3-13-26-17)21-10-8-20(9-11-21)14-15-4-2-12-25-15/h3,6,13,15-16H,1-2,4-5,7-12,14H2. The monoisotopic (exact) mass is 361 g/mol. The summed E-state index contributed by atoms with van der Waals surface area (Å²) in [6.45, 7) is 5.68. The maximum atomic E-state index is 13.0. The van der Waals surface area contributed by atoms with Crippen LogP contribution in [0.3, 0.4) is 0 Å². The molecule has 2 amide bonds. The first-order valence-electron chi connectivity index (χ1n) is 9.69. The van der Waals surface area contributed by atoms with E-state index in [0.717, 1.165) is 65.0 Å². The van der Waals surface area contributed by atoms with Gasteiger partial charge in [-0.2, -0.15) is 0 Å². The summed E-state index contributed by atoms with van der Waals surface area (Å²) in [5.41, 5.74) is 0. The van der Waals surface area contributed by atoms with Crippen molar-refractivity contribution in [2.45, 2.75) is 37.8 Å². The highest BCUT2D eigenvalue weighted by Crippen LogP contribution is 2.23. The zero-order valence-electron chi connectivity index (χ0n) is 15.1. The number of nitrogens with zero attached hydrogens (tertiary/aromatic N) is 3. The van der Waals surface area contributed by atoms with Crippen molar-refractivity contribution in [1.29, 1.82) is 0 Å². The predicted molar refractivity (Wildman–Crippen MR) is 94.8 cm³/mol. The highest BCUT2D eigenvalue weighted by atomic mass is 16.5. The second-order valence-corrected chi connectivity index (χ2v) is 7.39. The van der Waals surface area contributed by atoms with Crippen molar-refractivity contribution in [1.82, 2.24) is 14.7 Å². The molecule has 0 saturated carbocycles. The first-order valence-corrected chi connectivity index (χ1v) is 9.69. The van der Waals surface area contributed by atoms with Gasteiger partial charge in [-0.05, 0) is 37.8 Å². The fraction of sp³-hybridized carbons (Fsp3) is 0.684. The van der Waals surface area contributed by atoms with E-state index in [4.69, 9.17) is 9.15 Å². The topological polar surface area (TPSA) is 66.2 Å². The molecule has 0 spiro atoms. The van der Waals surface area contributed by atoms with Crippen LogP contribution in [0.4, 0.5) is 0 Å². The predicted octanol–water partition coefficient (Wildman–Crippen LogP) is 1.21. The zero-order chi connectivity index (χ0) is 17.9. The molecule has 7 nitrogen and oxygen atoms in total. The Morgan fingerprint density at radius 3 is 2.62 bits per heavy atom. The number of piperazine rings is 1. The molecule has 3 aliphatic heterocycles. The number of likely N-dealkylation sites (tertiary alicyclic amines) is 1. The van der Waals surface area contributed by atoms with Crippen LogP contribution in [0.15, 0.2) is 22.8 Å². The van der Waals surface area contributed by atoms with Crippen molar-refractivity contribution in [3.8, 4) is 0 Å². The molecule has 4 rings (SSSR count). The van der Waals surface area contributed by atoms with E-state index in [9.17, 15) is 9.59 Å². The van der Waals surface area contributed by atoms with Gasteiger partial charge in [0.25, 0.3) is 5.91 Å². The van der Waals surface area contributed by atoms with Crippen LogP contribution in [0, 0.1) is 0 Å². The molecular formula is C19H27N3O4. The van der Waals surface area contributed by atoms with Crippen LogP contribution in [-0.2, 0) is 9.53 Å². The van der Waals surface area contributed by atoms with Crippen LogP contribution < -0.4 is 0 Å². The van der Waals surface area contributed by atoms with Gasteiger partial charge < -0.3 is 19.0 Å². The van der Waals surface area contributed by atoms with Crippen LogP contribution in [0.1, 0.15) is 36.2 Å². The summed E-state index contributed by atoms with van der Waals surface area (Å²) in [6, 6.07) is 3.01. The van der Waals surface area contributed by atoms with E-state index in [0.29, 0.717) is 18.4 Å². The third kappa shape index (κ3) is 3.64. The summed E-state index contributed by atoms with van der Waals surface area (Å²) in [5.74, 6) is 0.216. The minimum Gasteiger partial charge on any atom is -0.459 e. The number of ether oxygens (including phenoxy) is 1. The Morgan fingerprint density at radius 1 is 1.08 bits per heavy atom. The van der Waals surface area contributed by atoms with Crippen LogP contribution in [0.2, 0.25) is 0 Å². The molecule has 7 heteroatoms. The average molecular weight is 361 g/mol. The lowest BCUT2D eigenvalue weighted by atomic mass is 10.1. The Hall–Kier alpha value is -1.86. The molecule has 3 aliphatic rings. The minimum absolute atomic E-state index is 0.0826. The lowest BCUT2D eigenvalue weighted by Crippen LogP contribution is -2.55. The number of amides is 2. The molecule has 0 N–H and O–H groups in total. The van der Waals surface area contributed by atoms with Crippen molar-refractivity contribution in [2.24, 2.45) is 0 Å². The molecule has 3 saturated heterocycles. The minimum atomic E-state index is -0.350. The fourth-order valence-electron chi connectivity index (χ4n) is 4.25. The Kier molecular flexibility index (Phi) is 5.26. The van der Waals surface area contributed by atoms with Gasteiger partial charge in [0.1, 0.15) is 6.04 Å². The quantitative estimate of drug-likeness (QED) is 0.806. The molecule has 1 aromatic heterocycles. The maximum absolute atomic E-state index is 13.0. The molecule has 0 bridgehead atoms. The van der Waals surface area contributed by atoms with Crippen molar-refractivity contribution in [3.05, 3.63) is 24.2 Å². The van der Waals surface area contributed by atoms with Gasteiger partial charge in [-0.1, -0.05) is 0 Å². The second-order valence-electron chi connectivity index (χ2n) is 7.39. The molecular weight excluding hydrogens is 334 g/mol. The van der Waals surface area contributed by atoms with Crippen molar-refractivity contribution >= 4 is 11.8 Å². The summed E-state index contributed by atoms with van der Waals surface area (Å²) in [5, 5.41) is 0. The largest absolute Gasteiger partial charge is 0.459 e. The van der Waals surface area contributed by atoms with Gasteiger partial charge in [0.2, 0.25) is 5.91 Å². The maximum Gasteiger partial charge on any atom is 0.290 e. The third-order valence-electron chi connectivity index (χ3n) is 5.70. The Labute approximate surface area is 153 Å². The summed E-state index contributed by atoms with van der Waals surface area (Å²) in [6.07, 6.45) is 5.75. The lowest BCUT2D eigenvalue weighted by Gasteiger charge is -2.37. The van der Waals surface area contributed by atoms with Crippen molar-refractivity contribution < 1.29 is 18.7 Å². The molecule has 1 aromatic rings. The van der Waals surface area contributed by atoms with Crippen LogP contribution >= 0.6 is 0 Å². The van der Waals surface area contributed by atoms with Gasteiger partial charge in [0.05, 0.1) is 12.4 Å². The molecule has 26 heavy (non-hydrogen) atoms. The van der Waals surface area contributed by atoms with E-state index >= 15 is 0 Å². The van der Waals surface area contributed by atoms with E-state index in [1.807, 2.05) is 4.90 Å². The Bertz CT molecular complexity index is 619. The highest BCUT2D eigenvalue weighted by Gasteiger charge is 2.38. The number of furan rings is 1. The van der Waals surface area contributed by atoms with Crippen molar-refractivity contribution in [3.63, 3.8) is 0 Å². The SMILES string of the molecule is O=C(C1CCCN1C(=O)c1ccco1)N1CCN(CC2CCCO2)CC1. The van der Waals surface area contributed by atoms with Gasteiger partial charge in [-0.25, -0.2) is 0 Å². The summed E-state index contributed by atoms with van der Waals surface area (Å²) in [4.78, 5) is 31.6. The smallest absolute Gasteiger partial charge is 0.290 e. The average Bonchev–Trinajstić information content (AvgIpc) is 3.42. The van der Waals surface area contributed by atoms with E-state index in [1.54, 1.807) is 17.0 Å². The second kappa shape index (κ2) is 7.80. The molecule has 2 unspecified atom stereocenters. The van der Waals surface area contributed by atoms with E-state index in [1.165, 1.54) is 6.26 Å². The van der Waals surface area contributed by atoms with Gasteiger partial charge in [0, 0.05) is 45.9 Å². The molecule has 0 aliphatic carbocycles. The number of hydrogen-bond acceptors (Lipinski definition) is 5. The summed E-state index contributed by atoms with van der Waals surface area (Å²) < 4.78 is 10.9. The van der Waals surface area contributed by atoms with Crippen molar-refractivity contribution in [2.75, 3.05) is 45.9 Å². The number of carbonyl (C=O) groups is 2. The van der Waals surface area contributed by atoms with E-state index in [-0.39, 0.29) is 17.9 Å². The Balaban J connectivity index is 1.32. The fourth-order valence-corrected chi connectivity index (χ4v) is 4.25. The van der Waals surface area contributed by atoms with E-state index < -0.39 is 0 Å². The molecule has 142 valence electrons. The molecule has 0 radical (unpaired) electrons. The first kappa shape index (κ1) is 17.5. The van der Waals surface area contributed by atoms with E-state index in [2.05, 4.69) is 4.90 Å². The highest BCUT2D eigenvalue weighted by molar-refractivity contribution is 5.96. The molecule has 2 atom stereocenters. The molecule has 4 heterocycles. The van der Waals surface area contributed by atoms with Crippen LogP contribution in [0.5, 0.6) is 0 Å². The molecule has 0 aromatic carbocycles. The number of hydrogen-bond donors (Lipinski definition) is 0. The van der Waals surface area contributed by atoms with Gasteiger partial charge in [-0.3, -0.25) is 14.5 Å². The first-order chi connectivity index (χ1) is 12.7. The van der Waals surface area contributed by atoms with Gasteiger partial charge >= 0.3 is 0 Å². The van der Waals surface area contributed by atoms with Crippen LogP contribution in [-0.4, -0.2) is 84.5 Å². The number of carbonyl (C=O) groups excluding carboxylic acids is 2. The molecule has 3 fully saturated rings. The van der Waals surface area contributed by atoms with Gasteiger partial charge in [0.15, 0.2) is 5.76 Å².